The topological polar surface area (TPSA) is 79.7 Å². The fourth-order valence-corrected chi connectivity index (χ4v) is 4.89. The molecule has 0 aliphatic rings. The quantitative estimate of drug-likeness (QED) is 0.369. The van der Waals surface area contributed by atoms with Crippen LogP contribution in [-0.4, -0.2) is 30.1 Å². The van der Waals surface area contributed by atoms with Crippen molar-refractivity contribution >= 4 is 22.2 Å². The highest BCUT2D eigenvalue weighted by Gasteiger charge is 2.31. The maximum absolute atomic E-state index is 13.0. The van der Waals surface area contributed by atoms with Crippen LogP contribution in [0.2, 0.25) is 0 Å². The molecule has 33 heavy (non-hydrogen) atoms. The smallest absolute Gasteiger partial charge is 0.252 e. The second-order valence-corrected chi connectivity index (χ2v) is 10.3. The molecule has 1 atom stereocenters. The van der Waals surface area contributed by atoms with Crippen LogP contribution in [-0.2, 0) is 18.6 Å². The Hall–Kier alpha value is -2.84. The minimum atomic E-state index is -0.195. The maximum atomic E-state index is 13.0. The number of hydrogen-bond donors (Lipinski definition) is 1. The van der Waals surface area contributed by atoms with Crippen molar-refractivity contribution in [2.75, 3.05) is 0 Å². The maximum Gasteiger partial charge on any atom is 0.252 e. The predicted octanol–water partition coefficient (Wildman–Crippen LogP) is 5.18. The van der Waals surface area contributed by atoms with Crippen LogP contribution in [0.4, 0.5) is 0 Å². The van der Waals surface area contributed by atoms with Crippen molar-refractivity contribution in [2.24, 2.45) is 0 Å². The number of nitrogens with zero attached hydrogens (tertiary/aromatic N) is 5. The molecule has 0 radical (unpaired) electrons. The predicted molar refractivity (Wildman–Crippen MR) is 133 cm³/mol. The zero-order valence-corrected chi connectivity index (χ0v) is 20.8. The minimum absolute atomic E-state index is 0.0268. The van der Waals surface area contributed by atoms with Crippen LogP contribution in [0.5, 0.6) is 0 Å². The highest BCUT2D eigenvalue weighted by molar-refractivity contribution is 7.09. The summed E-state index contributed by atoms with van der Waals surface area (Å²) in [5.41, 5.74) is 2.50. The Balaban J connectivity index is 1.75. The highest BCUT2D eigenvalue weighted by Crippen LogP contribution is 2.30. The SMILES string of the molecule is CC[C@H](c1nnnn1C(C)(C)CC)N(Cc1cccs1)Cc1cc2ccc(C)cc2[nH]c1=O. The summed E-state index contributed by atoms with van der Waals surface area (Å²) in [4.78, 5) is 19.7. The van der Waals surface area contributed by atoms with E-state index in [1.165, 1.54) is 4.88 Å². The Morgan fingerprint density at radius 3 is 2.70 bits per heavy atom. The first kappa shape index (κ1) is 23.3. The van der Waals surface area contributed by atoms with E-state index in [1.54, 1.807) is 11.3 Å². The number of fused-ring (bicyclic) bond motifs is 1. The van der Waals surface area contributed by atoms with Gasteiger partial charge in [0.2, 0.25) is 0 Å². The fourth-order valence-electron chi connectivity index (χ4n) is 4.16. The lowest BCUT2D eigenvalue weighted by Crippen LogP contribution is -2.35. The van der Waals surface area contributed by atoms with Crippen LogP contribution in [0.25, 0.3) is 10.9 Å². The van der Waals surface area contributed by atoms with Crippen molar-refractivity contribution in [3.05, 3.63) is 74.0 Å². The molecular weight excluding hydrogens is 432 g/mol. The van der Waals surface area contributed by atoms with Crippen molar-refractivity contribution in [3.63, 3.8) is 0 Å². The lowest BCUT2D eigenvalue weighted by atomic mass is 10.0. The van der Waals surface area contributed by atoms with E-state index in [0.717, 1.165) is 47.2 Å². The number of H-pyrrole nitrogens is 1. The summed E-state index contributed by atoms with van der Waals surface area (Å²) in [6.07, 6.45) is 1.74. The standard InChI is InChI=1S/C25H32N6OS/c1-6-22(23-27-28-29-31(23)25(4,5)7-2)30(16-20-9-8-12-33-20)15-19-14-18-11-10-17(3)13-21(18)26-24(19)32/h8-14,22H,6-7,15-16H2,1-5H3,(H,26,32)/t22-/m1/s1. The van der Waals surface area contributed by atoms with Gasteiger partial charge in [0.1, 0.15) is 0 Å². The molecule has 1 N–H and O–H groups in total. The molecule has 0 saturated carbocycles. The fraction of sp³-hybridized carbons (Fsp3) is 0.440. The molecule has 3 aromatic heterocycles. The highest BCUT2D eigenvalue weighted by atomic mass is 32.1. The Kier molecular flexibility index (Phi) is 6.76. The summed E-state index contributed by atoms with van der Waals surface area (Å²) < 4.78 is 1.95. The van der Waals surface area contributed by atoms with Gasteiger partial charge < -0.3 is 4.98 Å². The first-order valence-electron chi connectivity index (χ1n) is 11.5. The molecule has 4 aromatic rings. The van der Waals surface area contributed by atoms with Crippen LogP contribution in [0.15, 0.2) is 46.6 Å². The molecular formula is C25H32N6OS. The van der Waals surface area contributed by atoms with Gasteiger partial charge in [0.05, 0.1) is 11.6 Å². The molecule has 174 valence electrons. The molecule has 0 unspecified atom stereocenters. The Morgan fingerprint density at radius 1 is 1.18 bits per heavy atom. The van der Waals surface area contributed by atoms with E-state index in [-0.39, 0.29) is 17.1 Å². The van der Waals surface area contributed by atoms with Gasteiger partial charge in [0.15, 0.2) is 5.82 Å². The summed E-state index contributed by atoms with van der Waals surface area (Å²) >= 11 is 1.72. The average Bonchev–Trinajstić information content (AvgIpc) is 3.47. The summed E-state index contributed by atoms with van der Waals surface area (Å²) in [5, 5.41) is 16.0. The van der Waals surface area contributed by atoms with E-state index in [9.17, 15) is 4.79 Å². The van der Waals surface area contributed by atoms with Crippen LogP contribution in [0, 0.1) is 6.92 Å². The van der Waals surface area contributed by atoms with Gasteiger partial charge in [0, 0.05) is 29.0 Å². The summed E-state index contributed by atoms with van der Waals surface area (Å²) in [7, 11) is 0. The summed E-state index contributed by atoms with van der Waals surface area (Å²) in [5.74, 6) is 0.841. The van der Waals surface area contributed by atoms with Crippen molar-refractivity contribution in [2.45, 2.75) is 72.1 Å². The van der Waals surface area contributed by atoms with Crippen molar-refractivity contribution in [1.82, 2.24) is 30.1 Å². The number of thiophene rings is 1. The average molecular weight is 465 g/mol. The van der Waals surface area contributed by atoms with Gasteiger partial charge in [-0.05, 0) is 78.6 Å². The van der Waals surface area contributed by atoms with Crippen molar-refractivity contribution in [1.29, 1.82) is 0 Å². The number of tetrazole rings is 1. The van der Waals surface area contributed by atoms with E-state index in [2.05, 4.69) is 82.7 Å². The van der Waals surface area contributed by atoms with Crippen LogP contribution >= 0.6 is 11.3 Å². The molecule has 7 nitrogen and oxygen atoms in total. The molecule has 1 aromatic carbocycles. The van der Waals surface area contributed by atoms with Gasteiger partial charge in [-0.25, -0.2) is 4.68 Å². The first-order chi connectivity index (χ1) is 15.8. The van der Waals surface area contributed by atoms with E-state index in [0.29, 0.717) is 6.54 Å². The number of benzene rings is 1. The molecule has 3 heterocycles. The number of aromatic amines is 1. The molecule has 0 amide bonds. The van der Waals surface area contributed by atoms with Crippen molar-refractivity contribution < 1.29 is 0 Å². The molecule has 4 rings (SSSR count). The number of aromatic nitrogens is 5. The third-order valence-corrected chi connectivity index (χ3v) is 7.31. The third kappa shape index (κ3) is 4.91. The number of pyridine rings is 1. The van der Waals surface area contributed by atoms with E-state index in [1.807, 2.05) is 23.7 Å². The molecule has 0 aliphatic carbocycles. The van der Waals surface area contributed by atoms with Gasteiger partial charge in [-0.3, -0.25) is 9.69 Å². The molecule has 0 fully saturated rings. The molecule has 0 saturated heterocycles. The third-order valence-electron chi connectivity index (χ3n) is 6.45. The van der Waals surface area contributed by atoms with Crippen molar-refractivity contribution in [3.8, 4) is 0 Å². The van der Waals surface area contributed by atoms with E-state index < -0.39 is 0 Å². The van der Waals surface area contributed by atoms with Gasteiger partial charge in [-0.15, -0.1) is 16.4 Å². The van der Waals surface area contributed by atoms with E-state index >= 15 is 0 Å². The van der Waals surface area contributed by atoms with Crippen LogP contribution in [0.1, 0.15) is 68.4 Å². The Labute approximate surface area is 198 Å². The zero-order valence-electron chi connectivity index (χ0n) is 20.0. The molecule has 8 heteroatoms. The van der Waals surface area contributed by atoms with E-state index in [4.69, 9.17) is 0 Å². The zero-order chi connectivity index (χ0) is 23.6. The van der Waals surface area contributed by atoms with Crippen LogP contribution in [0.3, 0.4) is 0 Å². The minimum Gasteiger partial charge on any atom is -0.322 e. The lowest BCUT2D eigenvalue weighted by Gasteiger charge is -2.32. The van der Waals surface area contributed by atoms with Crippen LogP contribution < -0.4 is 5.56 Å². The van der Waals surface area contributed by atoms with Gasteiger partial charge in [0.25, 0.3) is 5.56 Å². The van der Waals surface area contributed by atoms with Gasteiger partial charge in [-0.2, -0.15) is 0 Å². The van der Waals surface area contributed by atoms with Gasteiger partial charge in [-0.1, -0.05) is 32.0 Å². The Bertz CT molecular complexity index is 1270. The summed E-state index contributed by atoms with van der Waals surface area (Å²) in [6, 6.07) is 12.3. The number of hydrogen-bond acceptors (Lipinski definition) is 6. The second kappa shape index (κ2) is 9.57. The molecule has 0 aliphatic heterocycles. The molecule has 0 bridgehead atoms. The number of rotatable bonds is 9. The summed E-state index contributed by atoms with van der Waals surface area (Å²) in [6.45, 7) is 11.9. The first-order valence-corrected chi connectivity index (χ1v) is 12.4. The number of nitrogens with one attached hydrogen (secondary N) is 1. The Morgan fingerprint density at radius 2 is 2.00 bits per heavy atom. The monoisotopic (exact) mass is 464 g/mol. The normalized spacial score (nSPS) is 13.2. The largest absolute Gasteiger partial charge is 0.322 e. The molecule has 0 spiro atoms. The second-order valence-electron chi connectivity index (χ2n) is 9.24. The lowest BCUT2D eigenvalue weighted by molar-refractivity contribution is 0.152. The van der Waals surface area contributed by atoms with Gasteiger partial charge >= 0.3 is 0 Å². The number of aryl methyl sites for hydroxylation is 1.